The highest BCUT2D eigenvalue weighted by Gasteiger charge is 2.18. The number of nitrogens with one attached hydrogen (secondary N) is 3. The van der Waals surface area contributed by atoms with Gasteiger partial charge in [-0.3, -0.25) is 24.9 Å². The Balaban J connectivity index is 0.000000153. The maximum absolute atomic E-state index is 13.3. The van der Waals surface area contributed by atoms with E-state index >= 15 is 0 Å². The van der Waals surface area contributed by atoms with Crippen molar-refractivity contribution in [1.29, 1.82) is 0 Å². The molecule has 0 atom stereocenters. The van der Waals surface area contributed by atoms with Crippen LogP contribution in [0.4, 0.5) is 4.39 Å². The van der Waals surface area contributed by atoms with E-state index in [0.717, 1.165) is 44.5 Å². The van der Waals surface area contributed by atoms with E-state index in [1.807, 2.05) is 42.5 Å². The van der Waals surface area contributed by atoms with Crippen molar-refractivity contribution in [1.82, 2.24) is 49.8 Å². The molecule has 3 N–H and O–H groups in total. The van der Waals surface area contributed by atoms with Gasteiger partial charge in [0.25, 0.3) is 0 Å². The van der Waals surface area contributed by atoms with Crippen LogP contribution in [0.15, 0.2) is 127 Å². The SMILES string of the molecule is Fc1ccc(-c2nc3nc(-c4ccncc4Cl)c(-c4ccncc4)cc3[nH]2)cc1.O=c1[nH]c2cc(-c3ccncc3)c(-c3ccncc3Cl)nc2[nH]1. The predicted molar refractivity (Wildman–Crippen MR) is 199 cm³/mol. The number of nitrogens with zero attached hydrogens (tertiary/aromatic N) is 7. The van der Waals surface area contributed by atoms with Gasteiger partial charge in [0, 0.05) is 77.4 Å². The standard InChI is InChI=1S/C22H13ClFN5.C16H10ClN5O/c23-18-12-26-10-7-16(18)20-17(13-5-8-25-9-6-13)11-19-22(28-20)29-21(27-19)14-1-3-15(24)4-2-14;17-12-8-19-6-3-10(12)14-11(9-1-4-18-5-2-9)7-13-15(21-14)22-16(23)20-13/h1-12H,(H,27,28,29);1-8H,(H2,20,21,22,23). The lowest BCUT2D eigenvalue weighted by molar-refractivity contribution is 0.628. The molecule has 252 valence electrons. The molecule has 11 nitrogen and oxygen atoms in total. The van der Waals surface area contributed by atoms with E-state index < -0.39 is 0 Å². The molecule has 0 saturated heterocycles. The maximum Gasteiger partial charge on any atom is 0.325 e. The number of hydrogen-bond donors (Lipinski definition) is 3. The molecule has 0 radical (unpaired) electrons. The number of aromatic amines is 3. The third-order valence-corrected chi connectivity index (χ3v) is 8.73. The van der Waals surface area contributed by atoms with Crippen molar-refractivity contribution in [3.63, 3.8) is 0 Å². The van der Waals surface area contributed by atoms with E-state index in [9.17, 15) is 9.18 Å². The summed E-state index contributed by atoms with van der Waals surface area (Å²) in [6.45, 7) is 0. The van der Waals surface area contributed by atoms with Crippen molar-refractivity contribution >= 4 is 45.5 Å². The third-order valence-electron chi connectivity index (χ3n) is 8.13. The van der Waals surface area contributed by atoms with Crippen molar-refractivity contribution in [3.8, 4) is 56.2 Å². The summed E-state index contributed by atoms with van der Waals surface area (Å²) in [4.78, 5) is 50.4. The van der Waals surface area contributed by atoms with Crippen LogP contribution in [0.25, 0.3) is 78.5 Å². The number of benzene rings is 1. The molecule has 0 aliphatic rings. The summed E-state index contributed by atoms with van der Waals surface area (Å²) >= 11 is 12.7. The van der Waals surface area contributed by atoms with E-state index in [-0.39, 0.29) is 11.5 Å². The molecular weight excluding hydrogens is 702 g/mol. The van der Waals surface area contributed by atoms with E-state index in [4.69, 9.17) is 28.2 Å². The summed E-state index contributed by atoms with van der Waals surface area (Å²) < 4.78 is 13.3. The lowest BCUT2D eigenvalue weighted by Crippen LogP contribution is -1.99. The zero-order valence-corrected chi connectivity index (χ0v) is 28.2. The fourth-order valence-corrected chi connectivity index (χ4v) is 6.12. The minimum atomic E-state index is -0.300. The summed E-state index contributed by atoms with van der Waals surface area (Å²) in [5.41, 5.74) is 9.42. The van der Waals surface area contributed by atoms with Gasteiger partial charge < -0.3 is 9.97 Å². The Morgan fingerprint density at radius 1 is 0.519 bits per heavy atom. The highest BCUT2D eigenvalue weighted by molar-refractivity contribution is 6.33. The normalized spacial score (nSPS) is 11.1. The van der Waals surface area contributed by atoms with Gasteiger partial charge in [-0.05, 0) is 83.9 Å². The summed E-state index contributed by atoms with van der Waals surface area (Å²) in [6.07, 6.45) is 13.4. The molecule has 0 amide bonds. The number of halogens is 3. The van der Waals surface area contributed by atoms with Gasteiger partial charge in [-0.15, -0.1) is 0 Å². The number of aromatic nitrogens is 10. The molecule has 0 aliphatic carbocycles. The Hall–Kier alpha value is -6.63. The molecule has 9 aromatic rings. The van der Waals surface area contributed by atoms with Crippen LogP contribution >= 0.6 is 23.2 Å². The Labute approximate surface area is 303 Å². The molecule has 0 fully saturated rings. The van der Waals surface area contributed by atoms with Gasteiger partial charge in [-0.2, -0.15) is 0 Å². The highest BCUT2D eigenvalue weighted by atomic mass is 35.5. The molecule has 0 aliphatic heterocycles. The second kappa shape index (κ2) is 13.9. The van der Waals surface area contributed by atoms with Gasteiger partial charge in [0.05, 0.1) is 32.5 Å². The van der Waals surface area contributed by atoms with Gasteiger partial charge in [-0.25, -0.2) is 24.1 Å². The van der Waals surface area contributed by atoms with Crippen molar-refractivity contribution in [2.45, 2.75) is 0 Å². The average molecular weight is 726 g/mol. The minimum absolute atomic E-state index is 0.294. The predicted octanol–water partition coefficient (Wildman–Crippen LogP) is 8.57. The monoisotopic (exact) mass is 724 g/mol. The van der Waals surface area contributed by atoms with Crippen LogP contribution in [0.1, 0.15) is 0 Å². The van der Waals surface area contributed by atoms with Gasteiger partial charge >= 0.3 is 5.69 Å². The molecule has 52 heavy (non-hydrogen) atoms. The Kier molecular flexibility index (Phi) is 8.73. The first-order valence-electron chi connectivity index (χ1n) is 15.7. The summed E-state index contributed by atoms with van der Waals surface area (Å²) in [6, 6.07) is 21.2. The zero-order valence-electron chi connectivity index (χ0n) is 26.7. The highest BCUT2D eigenvalue weighted by Crippen LogP contribution is 2.37. The van der Waals surface area contributed by atoms with Crippen LogP contribution in [0, 0.1) is 5.82 Å². The fraction of sp³-hybridized carbons (Fsp3) is 0. The van der Waals surface area contributed by atoms with Gasteiger partial charge in [0.15, 0.2) is 11.3 Å². The fourth-order valence-electron chi connectivity index (χ4n) is 5.70. The summed E-state index contributed by atoms with van der Waals surface area (Å²) in [7, 11) is 0. The van der Waals surface area contributed by atoms with E-state index in [1.54, 1.807) is 67.8 Å². The number of rotatable bonds is 5. The van der Waals surface area contributed by atoms with Gasteiger partial charge in [0.2, 0.25) is 0 Å². The van der Waals surface area contributed by atoms with Crippen LogP contribution < -0.4 is 5.69 Å². The Bertz CT molecular complexity index is 2750. The van der Waals surface area contributed by atoms with Crippen LogP contribution in [0.5, 0.6) is 0 Å². The van der Waals surface area contributed by atoms with Crippen molar-refractivity contribution in [3.05, 3.63) is 149 Å². The van der Waals surface area contributed by atoms with Crippen molar-refractivity contribution < 1.29 is 4.39 Å². The first kappa shape index (κ1) is 32.6. The molecule has 0 saturated carbocycles. The first-order chi connectivity index (χ1) is 25.4. The minimum Gasteiger partial charge on any atom is -0.337 e. The first-order valence-corrected chi connectivity index (χ1v) is 16.5. The van der Waals surface area contributed by atoms with Crippen molar-refractivity contribution in [2.24, 2.45) is 0 Å². The summed E-state index contributed by atoms with van der Waals surface area (Å²) in [5.74, 6) is 0.323. The zero-order chi connectivity index (χ0) is 35.6. The van der Waals surface area contributed by atoms with Crippen LogP contribution in [0.2, 0.25) is 10.0 Å². The smallest absolute Gasteiger partial charge is 0.325 e. The third kappa shape index (κ3) is 6.51. The number of fused-ring (bicyclic) bond motifs is 2. The van der Waals surface area contributed by atoms with Crippen LogP contribution in [-0.4, -0.2) is 49.8 Å². The average Bonchev–Trinajstić information content (AvgIpc) is 3.77. The van der Waals surface area contributed by atoms with E-state index in [0.29, 0.717) is 44.1 Å². The molecule has 14 heteroatoms. The van der Waals surface area contributed by atoms with Crippen LogP contribution in [-0.2, 0) is 0 Å². The topological polar surface area (TPSA) is 155 Å². The molecule has 9 rings (SSSR count). The van der Waals surface area contributed by atoms with Crippen LogP contribution in [0.3, 0.4) is 0 Å². The van der Waals surface area contributed by atoms with E-state index in [1.165, 1.54) is 12.1 Å². The number of hydrogen-bond acceptors (Lipinski definition) is 8. The van der Waals surface area contributed by atoms with Crippen molar-refractivity contribution in [2.75, 3.05) is 0 Å². The molecule has 8 aromatic heterocycles. The van der Waals surface area contributed by atoms with Gasteiger partial charge in [-0.1, -0.05) is 23.2 Å². The molecule has 0 spiro atoms. The molecular formula is C38H23Cl2FN10O. The lowest BCUT2D eigenvalue weighted by Gasteiger charge is -2.10. The molecule has 0 unspecified atom stereocenters. The Morgan fingerprint density at radius 3 is 1.63 bits per heavy atom. The lowest BCUT2D eigenvalue weighted by atomic mass is 10.0. The molecule has 0 bridgehead atoms. The molecule has 8 heterocycles. The largest absolute Gasteiger partial charge is 0.337 e. The van der Waals surface area contributed by atoms with Gasteiger partial charge in [0.1, 0.15) is 11.6 Å². The number of imidazole rings is 2. The van der Waals surface area contributed by atoms with E-state index in [2.05, 4.69) is 44.9 Å². The second-order valence-corrected chi connectivity index (χ2v) is 12.2. The maximum atomic E-state index is 13.3. The number of pyridine rings is 6. The Morgan fingerprint density at radius 2 is 1.06 bits per heavy atom. The summed E-state index contributed by atoms with van der Waals surface area (Å²) in [5, 5.41) is 0.997. The second-order valence-electron chi connectivity index (χ2n) is 11.4. The molecule has 1 aromatic carbocycles. The quantitative estimate of drug-likeness (QED) is 0.159. The number of H-pyrrole nitrogens is 3.